The minimum absolute atomic E-state index is 0.0376. The van der Waals surface area contributed by atoms with E-state index in [-0.39, 0.29) is 13.2 Å². The van der Waals surface area contributed by atoms with Crippen LogP contribution in [0.1, 0.15) is 116 Å². The molecule has 0 aromatic heterocycles. The molecule has 0 saturated heterocycles. The van der Waals surface area contributed by atoms with Gasteiger partial charge in [-0.25, -0.2) is 4.57 Å². The summed E-state index contributed by atoms with van der Waals surface area (Å²) in [4.78, 5) is 9.81. The van der Waals surface area contributed by atoms with E-state index in [9.17, 15) is 9.46 Å². The second-order valence-corrected chi connectivity index (χ2v) is 13.0. The number of hydrogen-bond acceptors (Lipinski definition) is 5. The van der Waals surface area contributed by atoms with Crippen molar-refractivity contribution in [3.05, 3.63) is 12.2 Å². The Balaban J connectivity index is 3.48. The van der Waals surface area contributed by atoms with E-state index in [0.29, 0.717) is 24.2 Å². The Hall–Kier alpha value is -0.270. The molecule has 0 bridgehead atoms. The molecule has 7 nitrogen and oxygen atoms in total. The molecule has 38 heavy (non-hydrogen) atoms. The standard InChI is InChI=1S/C30H62NO6P/c1-6-7-8-9-10-11-12-13-14-15-16-17-18-19-20-21-22-23-24-26-35-28-30(34-5)29-37-38(32,33)36-27-25-31(2,3)4/h13-14,30H,6-12,15-29H2,1-5H3/p+1/b14-13-/t30-/m1/s1. The van der Waals surface area contributed by atoms with E-state index in [4.69, 9.17) is 18.5 Å². The summed E-state index contributed by atoms with van der Waals surface area (Å²) in [6.07, 6.45) is 26.7. The third-order valence-electron chi connectivity index (χ3n) is 6.63. The number of likely N-dealkylation sites (N-methyl/N-ethyl adjacent to an activating group) is 1. The first-order valence-electron chi connectivity index (χ1n) is 15.4. The number of allylic oxidation sites excluding steroid dienone is 2. The Labute approximate surface area is 235 Å². The summed E-state index contributed by atoms with van der Waals surface area (Å²) in [5.74, 6) is 0. The van der Waals surface area contributed by atoms with Gasteiger partial charge >= 0.3 is 7.82 Å². The molecule has 0 aliphatic rings. The molecule has 228 valence electrons. The predicted molar refractivity (Wildman–Crippen MR) is 160 cm³/mol. The second kappa shape index (κ2) is 25.7. The molecule has 0 radical (unpaired) electrons. The summed E-state index contributed by atoms with van der Waals surface area (Å²) in [5, 5.41) is 0. The molecule has 0 saturated carbocycles. The van der Waals surface area contributed by atoms with E-state index in [2.05, 4.69) is 19.1 Å². The number of hydrogen-bond donors (Lipinski definition) is 1. The molecule has 0 fully saturated rings. The van der Waals surface area contributed by atoms with Gasteiger partial charge in [0.1, 0.15) is 19.3 Å². The zero-order valence-corrected chi connectivity index (χ0v) is 26.6. The normalized spacial score (nSPS) is 14.8. The number of phosphoric ester groups is 1. The van der Waals surface area contributed by atoms with Gasteiger partial charge in [-0.3, -0.25) is 9.05 Å². The van der Waals surface area contributed by atoms with E-state index in [1.807, 2.05) is 21.1 Å². The molecule has 0 aromatic carbocycles. The molecule has 1 N–H and O–H groups in total. The van der Waals surface area contributed by atoms with Crippen LogP contribution in [0.25, 0.3) is 0 Å². The van der Waals surface area contributed by atoms with Crippen LogP contribution < -0.4 is 0 Å². The topological polar surface area (TPSA) is 74.2 Å². The number of phosphoric acid groups is 1. The van der Waals surface area contributed by atoms with E-state index in [1.54, 1.807) is 7.11 Å². The van der Waals surface area contributed by atoms with Crippen LogP contribution in [0.2, 0.25) is 0 Å². The summed E-state index contributed by atoms with van der Waals surface area (Å²) < 4.78 is 33.7. The highest BCUT2D eigenvalue weighted by atomic mass is 31.2. The Morgan fingerprint density at radius 2 is 1.21 bits per heavy atom. The van der Waals surface area contributed by atoms with Crippen LogP contribution in [-0.2, 0) is 23.1 Å². The zero-order chi connectivity index (χ0) is 28.4. The van der Waals surface area contributed by atoms with Gasteiger partial charge < -0.3 is 18.9 Å². The molecule has 8 heteroatoms. The number of quaternary nitrogens is 1. The van der Waals surface area contributed by atoms with Crippen LogP contribution in [0, 0.1) is 0 Å². The average molecular weight is 565 g/mol. The van der Waals surface area contributed by atoms with Crippen LogP contribution >= 0.6 is 7.82 Å². The summed E-state index contributed by atoms with van der Waals surface area (Å²) in [7, 11) is 3.44. The first-order chi connectivity index (χ1) is 18.2. The van der Waals surface area contributed by atoms with Gasteiger partial charge in [0.2, 0.25) is 0 Å². The van der Waals surface area contributed by atoms with Crippen molar-refractivity contribution in [1.82, 2.24) is 0 Å². The van der Waals surface area contributed by atoms with Crippen LogP contribution in [-0.4, -0.2) is 76.7 Å². The lowest BCUT2D eigenvalue weighted by atomic mass is 10.1. The summed E-state index contributed by atoms with van der Waals surface area (Å²) >= 11 is 0. The number of unbranched alkanes of at least 4 members (excludes halogenated alkanes) is 15. The molecule has 0 heterocycles. The van der Waals surface area contributed by atoms with Gasteiger partial charge in [0.15, 0.2) is 0 Å². The van der Waals surface area contributed by atoms with Crippen LogP contribution in [0.5, 0.6) is 0 Å². The molecule has 2 atom stereocenters. The SMILES string of the molecule is CCCCCCCC/C=C\CCCCCCCCCCCOC[C@H](COP(=O)(O)OCC[N+](C)(C)C)OC. The van der Waals surface area contributed by atoms with Crippen molar-refractivity contribution in [2.75, 3.05) is 61.2 Å². The lowest BCUT2D eigenvalue weighted by molar-refractivity contribution is -0.870. The molecule has 0 aliphatic carbocycles. The number of nitrogens with zero attached hydrogens (tertiary/aromatic N) is 1. The van der Waals surface area contributed by atoms with Gasteiger partial charge in [0, 0.05) is 13.7 Å². The third kappa shape index (κ3) is 28.7. The van der Waals surface area contributed by atoms with E-state index >= 15 is 0 Å². The van der Waals surface area contributed by atoms with Crippen LogP contribution in [0.3, 0.4) is 0 Å². The fraction of sp³-hybridized carbons (Fsp3) is 0.933. The Morgan fingerprint density at radius 1 is 0.711 bits per heavy atom. The zero-order valence-electron chi connectivity index (χ0n) is 25.7. The maximum absolute atomic E-state index is 12.0. The quantitative estimate of drug-likeness (QED) is 0.0429. The fourth-order valence-corrected chi connectivity index (χ4v) is 4.77. The smallest absolute Gasteiger partial charge is 0.379 e. The van der Waals surface area contributed by atoms with Crippen molar-refractivity contribution in [3.8, 4) is 0 Å². The van der Waals surface area contributed by atoms with Crippen molar-refractivity contribution in [3.63, 3.8) is 0 Å². The number of methoxy groups -OCH3 is 1. The molecule has 0 amide bonds. The lowest BCUT2D eigenvalue weighted by Crippen LogP contribution is -2.37. The second-order valence-electron chi connectivity index (χ2n) is 11.5. The van der Waals surface area contributed by atoms with Crippen LogP contribution in [0.15, 0.2) is 12.2 Å². The van der Waals surface area contributed by atoms with Gasteiger partial charge in [-0.1, -0.05) is 96.1 Å². The Morgan fingerprint density at radius 3 is 1.71 bits per heavy atom. The molecule has 0 rings (SSSR count). The largest absolute Gasteiger partial charge is 0.472 e. The number of rotatable bonds is 29. The highest BCUT2D eigenvalue weighted by molar-refractivity contribution is 7.47. The predicted octanol–water partition coefficient (Wildman–Crippen LogP) is 8.07. The summed E-state index contributed by atoms with van der Waals surface area (Å²) in [5.41, 5.74) is 0. The monoisotopic (exact) mass is 564 g/mol. The lowest BCUT2D eigenvalue weighted by Gasteiger charge is -2.24. The van der Waals surface area contributed by atoms with Crippen molar-refractivity contribution >= 4 is 7.82 Å². The van der Waals surface area contributed by atoms with E-state index < -0.39 is 13.9 Å². The highest BCUT2D eigenvalue weighted by Crippen LogP contribution is 2.43. The maximum atomic E-state index is 12.0. The average Bonchev–Trinajstić information content (AvgIpc) is 2.85. The van der Waals surface area contributed by atoms with Crippen molar-refractivity contribution in [1.29, 1.82) is 0 Å². The maximum Gasteiger partial charge on any atom is 0.472 e. The molecule has 0 spiro atoms. The first-order valence-corrected chi connectivity index (χ1v) is 16.9. The van der Waals surface area contributed by atoms with Crippen molar-refractivity contribution < 1.29 is 32.5 Å². The summed E-state index contributed by atoms with van der Waals surface area (Å²) in [6.45, 7) is 4.01. The Bertz CT molecular complexity index is 582. The van der Waals surface area contributed by atoms with Crippen LogP contribution in [0.4, 0.5) is 0 Å². The van der Waals surface area contributed by atoms with Crippen molar-refractivity contribution in [2.24, 2.45) is 0 Å². The molecule has 1 unspecified atom stereocenters. The highest BCUT2D eigenvalue weighted by Gasteiger charge is 2.24. The number of ether oxygens (including phenoxy) is 2. The fourth-order valence-electron chi connectivity index (χ4n) is 4.03. The van der Waals surface area contributed by atoms with E-state index in [0.717, 1.165) is 6.42 Å². The van der Waals surface area contributed by atoms with Gasteiger partial charge in [0.05, 0.1) is 34.4 Å². The summed E-state index contributed by atoms with van der Waals surface area (Å²) in [6, 6.07) is 0. The molecule has 0 aromatic rings. The van der Waals surface area contributed by atoms with Gasteiger partial charge in [-0.15, -0.1) is 0 Å². The van der Waals surface area contributed by atoms with E-state index in [1.165, 1.54) is 103 Å². The van der Waals surface area contributed by atoms with Gasteiger partial charge in [-0.05, 0) is 32.1 Å². The Kier molecular flexibility index (Phi) is 25.5. The molecular weight excluding hydrogens is 501 g/mol. The molecular formula is C30H63NO6P+. The minimum atomic E-state index is -4.08. The van der Waals surface area contributed by atoms with Gasteiger partial charge in [-0.2, -0.15) is 0 Å². The van der Waals surface area contributed by atoms with Crippen molar-refractivity contribution in [2.45, 2.75) is 122 Å². The third-order valence-corrected chi connectivity index (χ3v) is 7.61. The minimum Gasteiger partial charge on any atom is -0.379 e. The first kappa shape index (κ1) is 37.7. The molecule has 0 aliphatic heterocycles. The van der Waals surface area contributed by atoms with Gasteiger partial charge in [0.25, 0.3) is 0 Å².